The van der Waals surface area contributed by atoms with Gasteiger partial charge in [0, 0.05) is 24.3 Å². The van der Waals surface area contributed by atoms with Crippen LogP contribution in [0.1, 0.15) is 48.7 Å². The summed E-state index contributed by atoms with van der Waals surface area (Å²) in [7, 11) is 0. The van der Waals surface area contributed by atoms with Crippen molar-refractivity contribution >= 4 is 11.6 Å². The first-order valence-corrected chi connectivity index (χ1v) is 10.2. The molecule has 4 rings (SSSR count). The molecule has 2 aliphatic rings. The molecule has 0 unspecified atom stereocenters. The van der Waals surface area contributed by atoms with E-state index in [-0.39, 0.29) is 11.9 Å². The quantitative estimate of drug-likeness (QED) is 0.864. The van der Waals surface area contributed by atoms with Crippen molar-refractivity contribution in [2.75, 3.05) is 31.2 Å². The number of carbonyl (C=O) groups is 1. The Labute approximate surface area is 166 Å². The minimum Gasteiger partial charge on any atom is -0.486 e. The van der Waals surface area contributed by atoms with Gasteiger partial charge in [0.2, 0.25) is 0 Å². The molecule has 0 bridgehead atoms. The minimum atomic E-state index is -0.113. The molecule has 5 heteroatoms. The van der Waals surface area contributed by atoms with Gasteiger partial charge >= 0.3 is 0 Å². The first kappa shape index (κ1) is 18.7. The Morgan fingerprint density at radius 1 is 1.11 bits per heavy atom. The van der Waals surface area contributed by atoms with Gasteiger partial charge in [0.25, 0.3) is 5.91 Å². The minimum absolute atomic E-state index is 0.0740. The molecule has 0 saturated carbocycles. The highest BCUT2D eigenvalue weighted by atomic mass is 16.6. The smallest absolute Gasteiger partial charge is 0.251 e. The van der Waals surface area contributed by atoms with Crippen molar-refractivity contribution < 1.29 is 14.3 Å². The molecule has 148 valence electrons. The van der Waals surface area contributed by atoms with Crippen LogP contribution in [0, 0.1) is 5.92 Å². The number of rotatable bonds is 4. The third-order valence-electron chi connectivity index (χ3n) is 5.57. The van der Waals surface area contributed by atoms with Gasteiger partial charge in [0.1, 0.15) is 13.2 Å². The number of carbonyl (C=O) groups excluding carboxylic acids is 1. The lowest BCUT2D eigenvalue weighted by Gasteiger charge is -2.33. The number of fused-ring (bicyclic) bond motifs is 1. The van der Waals surface area contributed by atoms with E-state index in [1.807, 2.05) is 6.92 Å². The van der Waals surface area contributed by atoms with Crippen LogP contribution in [0.2, 0.25) is 0 Å². The van der Waals surface area contributed by atoms with Gasteiger partial charge in [-0.2, -0.15) is 0 Å². The van der Waals surface area contributed by atoms with E-state index in [4.69, 9.17) is 9.47 Å². The molecular weight excluding hydrogens is 352 g/mol. The lowest BCUT2D eigenvalue weighted by Crippen LogP contribution is -2.34. The highest BCUT2D eigenvalue weighted by molar-refractivity contribution is 5.95. The Morgan fingerprint density at radius 2 is 1.86 bits per heavy atom. The average molecular weight is 380 g/mol. The molecule has 2 atom stereocenters. The highest BCUT2D eigenvalue weighted by Gasteiger charge is 2.18. The predicted octanol–water partition coefficient (Wildman–Crippen LogP) is 4.19. The summed E-state index contributed by atoms with van der Waals surface area (Å²) >= 11 is 0. The van der Waals surface area contributed by atoms with E-state index in [0.29, 0.717) is 30.3 Å². The SMILES string of the molecule is C[C@H]1CCCN(c2ccc([C@@H](C)NC(=O)c3ccc4c(c3)OCCO4)cc2)C1. The van der Waals surface area contributed by atoms with Crippen molar-refractivity contribution in [3.8, 4) is 11.5 Å². The predicted molar refractivity (Wildman–Crippen MR) is 110 cm³/mol. The first-order chi connectivity index (χ1) is 13.6. The number of amides is 1. The topological polar surface area (TPSA) is 50.8 Å². The van der Waals surface area contributed by atoms with E-state index in [0.717, 1.165) is 24.6 Å². The van der Waals surface area contributed by atoms with Crippen molar-refractivity contribution in [3.63, 3.8) is 0 Å². The highest BCUT2D eigenvalue weighted by Crippen LogP contribution is 2.31. The molecule has 1 N–H and O–H groups in total. The Hall–Kier alpha value is -2.69. The summed E-state index contributed by atoms with van der Waals surface area (Å²) < 4.78 is 11.1. The molecule has 28 heavy (non-hydrogen) atoms. The van der Waals surface area contributed by atoms with Crippen LogP contribution >= 0.6 is 0 Å². The van der Waals surface area contributed by atoms with Crippen LogP contribution in [-0.4, -0.2) is 32.2 Å². The summed E-state index contributed by atoms with van der Waals surface area (Å²) in [6.07, 6.45) is 2.57. The maximum Gasteiger partial charge on any atom is 0.251 e. The van der Waals surface area contributed by atoms with Crippen LogP contribution in [0.4, 0.5) is 5.69 Å². The number of nitrogens with one attached hydrogen (secondary N) is 1. The van der Waals surface area contributed by atoms with Crippen LogP contribution in [0.3, 0.4) is 0 Å². The van der Waals surface area contributed by atoms with E-state index >= 15 is 0 Å². The molecule has 5 nitrogen and oxygen atoms in total. The van der Waals surface area contributed by atoms with E-state index in [9.17, 15) is 4.79 Å². The van der Waals surface area contributed by atoms with Gasteiger partial charge < -0.3 is 19.7 Å². The molecule has 0 spiro atoms. The largest absolute Gasteiger partial charge is 0.486 e. The molecule has 1 saturated heterocycles. The molecule has 1 fully saturated rings. The molecule has 0 aromatic heterocycles. The monoisotopic (exact) mass is 380 g/mol. The summed E-state index contributed by atoms with van der Waals surface area (Å²) in [5.74, 6) is 1.96. The Kier molecular flexibility index (Phi) is 5.42. The van der Waals surface area contributed by atoms with Gasteiger partial charge in [-0.1, -0.05) is 19.1 Å². The number of piperidine rings is 1. The van der Waals surface area contributed by atoms with Gasteiger partial charge in [-0.3, -0.25) is 4.79 Å². The van der Waals surface area contributed by atoms with Crippen molar-refractivity contribution in [3.05, 3.63) is 53.6 Å². The maximum atomic E-state index is 12.6. The van der Waals surface area contributed by atoms with Crippen molar-refractivity contribution in [2.45, 2.75) is 32.7 Å². The van der Waals surface area contributed by atoms with Crippen molar-refractivity contribution in [2.24, 2.45) is 5.92 Å². The third-order valence-corrected chi connectivity index (χ3v) is 5.57. The fourth-order valence-electron chi connectivity index (χ4n) is 3.95. The molecule has 0 aliphatic carbocycles. The molecule has 2 heterocycles. The summed E-state index contributed by atoms with van der Waals surface area (Å²) in [5.41, 5.74) is 2.94. The fraction of sp³-hybridized carbons (Fsp3) is 0.435. The first-order valence-electron chi connectivity index (χ1n) is 10.2. The molecule has 0 radical (unpaired) electrons. The summed E-state index contributed by atoms with van der Waals surface area (Å²) in [4.78, 5) is 15.1. The molecular formula is C23H28N2O3. The van der Waals surface area contributed by atoms with Gasteiger partial charge in [0.05, 0.1) is 6.04 Å². The van der Waals surface area contributed by atoms with Crippen LogP contribution < -0.4 is 19.7 Å². The number of anilines is 1. The number of ether oxygens (including phenoxy) is 2. The van der Waals surface area contributed by atoms with Gasteiger partial charge in [-0.15, -0.1) is 0 Å². The van der Waals surface area contributed by atoms with E-state index < -0.39 is 0 Å². The van der Waals surface area contributed by atoms with E-state index in [1.165, 1.54) is 18.5 Å². The zero-order chi connectivity index (χ0) is 19.5. The molecule has 2 aliphatic heterocycles. The normalized spacial score (nSPS) is 19.8. The number of nitrogens with zero attached hydrogens (tertiary/aromatic N) is 1. The molecule has 1 amide bonds. The second-order valence-electron chi connectivity index (χ2n) is 7.84. The van der Waals surface area contributed by atoms with Crippen LogP contribution in [0.25, 0.3) is 0 Å². The number of hydrogen-bond donors (Lipinski definition) is 1. The lowest BCUT2D eigenvalue weighted by atomic mass is 9.99. The maximum absolute atomic E-state index is 12.6. The zero-order valence-electron chi connectivity index (χ0n) is 16.6. The van der Waals surface area contributed by atoms with E-state index in [2.05, 4.69) is 41.4 Å². The Morgan fingerprint density at radius 3 is 2.61 bits per heavy atom. The molecule has 2 aromatic rings. The summed E-state index contributed by atoms with van der Waals surface area (Å²) in [6, 6.07) is 13.8. The van der Waals surface area contributed by atoms with Crippen molar-refractivity contribution in [1.82, 2.24) is 5.32 Å². The summed E-state index contributed by atoms with van der Waals surface area (Å²) in [5, 5.41) is 3.08. The van der Waals surface area contributed by atoms with Gasteiger partial charge in [0.15, 0.2) is 11.5 Å². The number of benzene rings is 2. The fourth-order valence-corrected chi connectivity index (χ4v) is 3.95. The Bertz CT molecular complexity index is 834. The average Bonchev–Trinajstić information content (AvgIpc) is 2.73. The van der Waals surface area contributed by atoms with Crippen molar-refractivity contribution in [1.29, 1.82) is 0 Å². The molecule has 2 aromatic carbocycles. The number of hydrogen-bond acceptors (Lipinski definition) is 4. The zero-order valence-corrected chi connectivity index (χ0v) is 16.6. The van der Waals surface area contributed by atoms with E-state index in [1.54, 1.807) is 18.2 Å². The van der Waals surface area contributed by atoms with Gasteiger partial charge in [-0.05, 0) is 61.6 Å². The van der Waals surface area contributed by atoms with Crippen LogP contribution in [0.5, 0.6) is 11.5 Å². The standard InChI is InChI=1S/C23H28N2O3/c1-16-4-3-11-25(15-16)20-8-5-18(6-9-20)17(2)24-23(26)19-7-10-21-22(14-19)28-13-12-27-21/h5-10,14,16-17H,3-4,11-13,15H2,1-2H3,(H,24,26)/t16-,17+/m0/s1. The Balaban J connectivity index is 1.40. The van der Waals surface area contributed by atoms with Crippen LogP contribution in [-0.2, 0) is 0 Å². The second kappa shape index (κ2) is 8.13. The second-order valence-corrected chi connectivity index (χ2v) is 7.84. The third kappa shape index (κ3) is 4.08. The van der Waals surface area contributed by atoms with Gasteiger partial charge in [-0.25, -0.2) is 0 Å². The van der Waals surface area contributed by atoms with Crippen LogP contribution in [0.15, 0.2) is 42.5 Å². The lowest BCUT2D eigenvalue weighted by molar-refractivity contribution is 0.0938. The summed E-state index contributed by atoms with van der Waals surface area (Å²) in [6.45, 7) is 7.62.